The van der Waals surface area contributed by atoms with Gasteiger partial charge in [0.25, 0.3) is 0 Å². The van der Waals surface area contributed by atoms with E-state index in [0.29, 0.717) is 26.4 Å². The number of sulfonamides is 2. The molecule has 2 saturated heterocycles. The van der Waals surface area contributed by atoms with E-state index in [1.54, 1.807) is 0 Å². The van der Waals surface area contributed by atoms with Gasteiger partial charge < -0.3 is 18.9 Å². The van der Waals surface area contributed by atoms with Crippen molar-refractivity contribution in [2.45, 2.75) is 14.1 Å². The van der Waals surface area contributed by atoms with E-state index in [4.69, 9.17) is 42.1 Å². The van der Waals surface area contributed by atoms with Crippen molar-refractivity contribution in [2.24, 2.45) is 11.8 Å². The fraction of sp³-hybridized carbons (Fsp3) is 0.481. The van der Waals surface area contributed by atoms with Crippen LogP contribution in [0.3, 0.4) is 0 Å². The van der Waals surface area contributed by atoms with E-state index in [0.717, 1.165) is 0 Å². The van der Waals surface area contributed by atoms with Gasteiger partial charge in [-0.3, -0.25) is 0 Å². The highest BCUT2D eigenvalue weighted by Crippen LogP contribution is 2.59. The van der Waals surface area contributed by atoms with Crippen LogP contribution < -0.4 is 0 Å². The van der Waals surface area contributed by atoms with E-state index in [1.165, 1.54) is 57.1 Å². The Hall–Kier alpha value is -2.30. The van der Waals surface area contributed by atoms with Crippen LogP contribution in [0.15, 0.2) is 58.3 Å². The molecule has 0 bridgehead atoms. The van der Waals surface area contributed by atoms with Crippen LogP contribution >= 0.6 is 23.2 Å². The summed E-state index contributed by atoms with van der Waals surface area (Å²) in [6.07, 6.45) is 0. The summed E-state index contributed by atoms with van der Waals surface area (Å²) in [5.41, 5.74) is 0.303. The minimum absolute atomic E-state index is 0.0592. The van der Waals surface area contributed by atoms with Crippen LogP contribution in [0.25, 0.3) is 0 Å². The molecule has 3 aliphatic rings. The lowest BCUT2D eigenvalue weighted by Gasteiger charge is -2.26. The molecule has 1 aliphatic carbocycles. The lowest BCUT2D eigenvalue weighted by molar-refractivity contribution is 0.0419. The summed E-state index contributed by atoms with van der Waals surface area (Å²) in [4.78, 5) is 25.3. The topological polar surface area (TPSA) is 146 Å². The Kier molecular flexibility index (Phi) is 9.69. The molecule has 3 fully saturated rings. The highest BCUT2D eigenvalue weighted by atomic mass is 35.5. The highest BCUT2D eigenvalue weighted by molar-refractivity contribution is 7.89. The number of carbonyl (C=O) groups is 2. The predicted molar refractivity (Wildman–Crippen MR) is 154 cm³/mol. The molecular formula is C27H30Cl2N2O10S2. The third-order valence-corrected chi connectivity index (χ3v) is 12.5. The number of hydrogen-bond acceptors (Lipinski definition) is 10. The van der Waals surface area contributed by atoms with Gasteiger partial charge in [0, 0.05) is 38.0 Å². The molecule has 2 aliphatic heterocycles. The Morgan fingerprint density at radius 3 is 1.33 bits per heavy atom. The molecule has 0 aromatic heterocycles. The summed E-state index contributed by atoms with van der Waals surface area (Å²) in [5.74, 6) is -2.38. The zero-order chi connectivity index (χ0) is 30.8. The van der Waals surface area contributed by atoms with Gasteiger partial charge in [0.1, 0.15) is 4.33 Å². The van der Waals surface area contributed by atoms with Crippen molar-refractivity contribution >= 4 is 55.2 Å². The zero-order valence-corrected chi connectivity index (χ0v) is 26.0. The molecule has 1 saturated carbocycles. The van der Waals surface area contributed by atoms with Crippen molar-refractivity contribution in [3.63, 3.8) is 0 Å². The lowest BCUT2D eigenvalue weighted by Crippen LogP contribution is -2.40. The molecule has 16 heteroatoms. The van der Waals surface area contributed by atoms with Gasteiger partial charge >= 0.3 is 11.9 Å². The van der Waals surface area contributed by atoms with E-state index in [1.807, 2.05) is 0 Å². The molecule has 0 unspecified atom stereocenters. The van der Waals surface area contributed by atoms with Crippen LogP contribution in [0.4, 0.5) is 0 Å². The number of hydrogen-bond donors (Lipinski definition) is 0. The Balaban J connectivity index is 1.10. The van der Waals surface area contributed by atoms with E-state index in [-0.39, 0.29) is 60.3 Å². The van der Waals surface area contributed by atoms with Crippen LogP contribution in [0, 0.1) is 11.8 Å². The van der Waals surface area contributed by atoms with Gasteiger partial charge in [0.2, 0.25) is 20.0 Å². The van der Waals surface area contributed by atoms with Gasteiger partial charge in [-0.2, -0.15) is 8.61 Å². The first-order valence-corrected chi connectivity index (χ1v) is 17.1. The summed E-state index contributed by atoms with van der Waals surface area (Å²) in [6.45, 7) is 2.04. The number of ether oxygens (including phenoxy) is 4. The standard InChI is InChI=1S/C27H30Cl2N2O10S2/c28-27(29)23(17-40-25(32)19-1-5-21(6-2-19)42(34,35)30-9-13-38-14-10-30)24(27)18-41-26(33)20-3-7-22(8-4-20)43(36,37)31-11-15-39-16-12-31/h1-8,23-24H,9-18H2/t23-,24+. The molecule has 0 amide bonds. The Morgan fingerprint density at radius 2 is 1.00 bits per heavy atom. The summed E-state index contributed by atoms with van der Waals surface area (Å²) < 4.78 is 73.6. The minimum Gasteiger partial charge on any atom is -0.462 e. The average Bonchev–Trinajstić information content (AvgIpc) is 3.57. The number of alkyl halides is 2. The van der Waals surface area contributed by atoms with Gasteiger partial charge in [-0.25, -0.2) is 26.4 Å². The van der Waals surface area contributed by atoms with Crippen molar-refractivity contribution in [1.29, 1.82) is 0 Å². The molecule has 5 rings (SSSR count). The lowest BCUT2D eigenvalue weighted by atomic mass is 10.2. The maximum Gasteiger partial charge on any atom is 0.338 e. The molecule has 0 radical (unpaired) electrons. The van der Waals surface area contributed by atoms with Crippen LogP contribution in [0.1, 0.15) is 20.7 Å². The minimum atomic E-state index is -3.70. The van der Waals surface area contributed by atoms with E-state index >= 15 is 0 Å². The van der Waals surface area contributed by atoms with Crippen molar-refractivity contribution in [2.75, 3.05) is 65.8 Å². The first-order valence-electron chi connectivity index (χ1n) is 13.5. The largest absolute Gasteiger partial charge is 0.462 e. The molecule has 12 nitrogen and oxygen atoms in total. The summed E-state index contributed by atoms with van der Waals surface area (Å²) in [6, 6.07) is 10.9. The van der Waals surface area contributed by atoms with E-state index in [9.17, 15) is 26.4 Å². The Labute approximate surface area is 259 Å². The van der Waals surface area contributed by atoms with Crippen LogP contribution in [0.2, 0.25) is 0 Å². The molecule has 43 heavy (non-hydrogen) atoms. The van der Waals surface area contributed by atoms with Gasteiger partial charge in [0.05, 0.1) is 60.6 Å². The number of morpholine rings is 2. The molecule has 2 atom stereocenters. The fourth-order valence-electron chi connectivity index (χ4n) is 4.81. The summed E-state index contributed by atoms with van der Waals surface area (Å²) in [7, 11) is -7.40. The van der Waals surface area contributed by atoms with E-state index < -0.39 is 48.2 Å². The van der Waals surface area contributed by atoms with Crippen LogP contribution in [-0.2, 0) is 39.0 Å². The van der Waals surface area contributed by atoms with Crippen molar-refractivity contribution < 1.29 is 45.4 Å². The predicted octanol–water partition coefficient (Wildman–Crippen LogP) is 2.16. The third kappa shape index (κ3) is 7.01. The second-order valence-corrected chi connectivity index (χ2v) is 15.5. The van der Waals surface area contributed by atoms with E-state index in [2.05, 4.69) is 0 Å². The maximum absolute atomic E-state index is 12.8. The smallest absolute Gasteiger partial charge is 0.338 e. The van der Waals surface area contributed by atoms with Gasteiger partial charge in [-0.15, -0.1) is 23.2 Å². The van der Waals surface area contributed by atoms with Gasteiger partial charge in [-0.05, 0) is 48.5 Å². The third-order valence-electron chi connectivity index (χ3n) is 7.55. The van der Waals surface area contributed by atoms with Gasteiger partial charge in [-0.1, -0.05) is 0 Å². The number of benzene rings is 2. The SMILES string of the molecule is O=C(OC[C@@H]1[C@H](COC(=O)c2ccc(S(=O)(=O)N3CCOCC3)cc2)C1(Cl)Cl)c1ccc(S(=O)(=O)N2CCOCC2)cc1. The molecule has 2 aromatic carbocycles. The highest BCUT2D eigenvalue weighted by Gasteiger charge is 2.64. The Bertz CT molecular complexity index is 1420. The summed E-state index contributed by atoms with van der Waals surface area (Å²) in [5, 5.41) is 0. The fourth-order valence-corrected chi connectivity index (χ4v) is 8.36. The second kappa shape index (κ2) is 13.0. The molecule has 0 spiro atoms. The first-order chi connectivity index (χ1) is 20.4. The second-order valence-electron chi connectivity index (χ2n) is 10.2. The number of rotatable bonds is 10. The number of carbonyl (C=O) groups excluding carboxylic acids is 2. The number of esters is 2. The maximum atomic E-state index is 12.8. The summed E-state index contributed by atoms with van der Waals surface area (Å²) >= 11 is 12.7. The molecule has 2 heterocycles. The first kappa shape index (κ1) is 32.1. The van der Waals surface area contributed by atoms with Crippen LogP contribution in [-0.4, -0.2) is 108 Å². The Morgan fingerprint density at radius 1 is 0.674 bits per heavy atom. The van der Waals surface area contributed by atoms with Crippen molar-refractivity contribution in [1.82, 2.24) is 8.61 Å². The number of nitrogens with zero attached hydrogens (tertiary/aromatic N) is 2. The zero-order valence-electron chi connectivity index (χ0n) is 22.9. The number of halogens is 2. The van der Waals surface area contributed by atoms with Gasteiger partial charge in [0.15, 0.2) is 0 Å². The normalized spacial score (nSPS) is 22.9. The van der Waals surface area contributed by atoms with Crippen molar-refractivity contribution in [3.8, 4) is 0 Å². The van der Waals surface area contributed by atoms with Crippen LogP contribution in [0.5, 0.6) is 0 Å². The van der Waals surface area contributed by atoms with Crippen molar-refractivity contribution in [3.05, 3.63) is 59.7 Å². The monoisotopic (exact) mass is 676 g/mol. The quantitative estimate of drug-likeness (QED) is 0.271. The average molecular weight is 678 g/mol. The molecule has 0 N–H and O–H groups in total. The molecule has 234 valence electrons. The molecule has 2 aromatic rings. The molecular weight excluding hydrogens is 647 g/mol.